The topological polar surface area (TPSA) is 16.1 Å². The van der Waals surface area contributed by atoms with Crippen LogP contribution in [0.1, 0.15) is 13.8 Å². The van der Waals surface area contributed by atoms with Crippen LogP contribution in [0.15, 0.2) is 60.7 Å². The first-order valence-electron chi connectivity index (χ1n) is 7.53. The van der Waals surface area contributed by atoms with Crippen LogP contribution in [0, 0.1) is 0 Å². The molecule has 2 heteroatoms. The SMILES string of the molecule is CCN(CC)c1cc2ccccc2nc1-c1ccccc1. The lowest BCUT2D eigenvalue weighted by Crippen LogP contribution is -2.22. The summed E-state index contributed by atoms with van der Waals surface area (Å²) in [5, 5.41) is 1.19. The molecule has 21 heavy (non-hydrogen) atoms. The fourth-order valence-electron chi connectivity index (χ4n) is 2.72. The third-order valence-corrected chi connectivity index (χ3v) is 3.86. The number of rotatable bonds is 4. The molecule has 1 aromatic heterocycles. The molecule has 0 aliphatic heterocycles. The lowest BCUT2D eigenvalue weighted by molar-refractivity contribution is 0.865. The van der Waals surface area contributed by atoms with Gasteiger partial charge >= 0.3 is 0 Å². The molecule has 1 heterocycles. The van der Waals surface area contributed by atoms with E-state index in [0.717, 1.165) is 24.3 Å². The first-order chi connectivity index (χ1) is 10.3. The molecule has 0 amide bonds. The Bertz CT molecular complexity index is 731. The van der Waals surface area contributed by atoms with Crippen LogP contribution in [0.4, 0.5) is 5.69 Å². The number of benzene rings is 2. The Morgan fingerprint density at radius 3 is 2.24 bits per heavy atom. The highest BCUT2D eigenvalue weighted by Gasteiger charge is 2.13. The van der Waals surface area contributed by atoms with Gasteiger partial charge in [-0.25, -0.2) is 4.98 Å². The van der Waals surface area contributed by atoms with Crippen molar-refractivity contribution in [2.75, 3.05) is 18.0 Å². The van der Waals surface area contributed by atoms with Gasteiger partial charge in [-0.2, -0.15) is 0 Å². The predicted octanol–water partition coefficient (Wildman–Crippen LogP) is 4.75. The van der Waals surface area contributed by atoms with Crippen molar-refractivity contribution in [2.24, 2.45) is 0 Å². The number of nitrogens with zero attached hydrogens (tertiary/aromatic N) is 2. The second kappa shape index (κ2) is 5.96. The minimum Gasteiger partial charge on any atom is -0.370 e. The molecule has 0 spiro atoms. The third-order valence-electron chi connectivity index (χ3n) is 3.86. The minimum absolute atomic E-state index is 0.982. The van der Waals surface area contributed by atoms with Crippen molar-refractivity contribution in [3.63, 3.8) is 0 Å². The maximum Gasteiger partial charge on any atom is 0.0943 e. The van der Waals surface area contributed by atoms with Crippen molar-refractivity contribution in [1.82, 2.24) is 4.98 Å². The summed E-state index contributed by atoms with van der Waals surface area (Å²) >= 11 is 0. The molecule has 0 saturated carbocycles. The van der Waals surface area contributed by atoms with Gasteiger partial charge in [-0.3, -0.25) is 0 Å². The number of hydrogen-bond donors (Lipinski definition) is 0. The molecule has 0 bridgehead atoms. The number of anilines is 1. The lowest BCUT2D eigenvalue weighted by Gasteiger charge is -2.24. The van der Waals surface area contributed by atoms with Gasteiger partial charge in [0.2, 0.25) is 0 Å². The van der Waals surface area contributed by atoms with E-state index < -0.39 is 0 Å². The van der Waals surface area contributed by atoms with Crippen molar-refractivity contribution < 1.29 is 0 Å². The number of hydrogen-bond acceptors (Lipinski definition) is 2. The van der Waals surface area contributed by atoms with Gasteiger partial charge in [-0.15, -0.1) is 0 Å². The standard InChI is InChI=1S/C19H20N2/c1-3-21(4-2)18-14-16-12-8-9-13-17(16)20-19(18)15-10-6-5-7-11-15/h5-14H,3-4H2,1-2H3. The van der Waals surface area contributed by atoms with E-state index in [2.05, 4.69) is 67.3 Å². The lowest BCUT2D eigenvalue weighted by atomic mass is 10.1. The van der Waals surface area contributed by atoms with Gasteiger partial charge in [0.15, 0.2) is 0 Å². The molecule has 0 radical (unpaired) electrons. The molecule has 2 nitrogen and oxygen atoms in total. The third kappa shape index (κ3) is 2.62. The normalized spacial score (nSPS) is 10.8. The van der Waals surface area contributed by atoms with Crippen LogP contribution < -0.4 is 4.90 Å². The summed E-state index contributed by atoms with van der Waals surface area (Å²) in [7, 11) is 0. The Morgan fingerprint density at radius 1 is 0.857 bits per heavy atom. The first-order valence-corrected chi connectivity index (χ1v) is 7.53. The van der Waals surface area contributed by atoms with Crippen molar-refractivity contribution in [2.45, 2.75) is 13.8 Å². The quantitative estimate of drug-likeness (QED) is 0.683. The van der Waals surface area contributed by atoms with Gasteiger partial charge in [0.25, 0.3) is 0 Å². The Hall–Kier alpha value is -2.35. The Morgan fingerprint density at radius 2 is 1.52 bits per heavy atom. The van der Waals surface area contributed by atoms with Gasteiger partial charge < -0.3 is 4.90 Å². The summed E-state index contributed by atoms with van der Waals surface area (Å²) in [6.07, 6.45) is 0. The van der Waals surface area contributed by atoms with Gasteiger partial charge in [0.1, 0.15) is 0 Å². The molecule has 0 saturated heterocycles. The molecule has 0 unspecified atom stereocenters. The highest BCUT2D eigenvalue weighted by atomic mass is 15.1. The summed E-state index contributed by atoms with van der Waals surface area (Å²) < 4.78 is 0. The second-order valence-electron chi connectivity index (χ2n) is 5.09. The fraction of sp³-hybridized carbons (Fsp3) is 0.211. The average molecular weight is 276 g/mol. The van der Waals surface area contributed by atoms with Gasteiger partial charge in [-0.05, 0) is 26.0 Å². The van der Waals surface area contributed by atoms with E-state index in [4.69, 9.17) is 4.98 Å². The smallest absolute Gasteiger partial charge is 0.0943 e. The number of fused-ring (bicyclic) bond motifs is 1. The van der Waals surface area contributed by atoms with E-state index in [9.17, 15) is 0 Å². The van der Waals surface area contributed by atoms with E-state index in [0.29, 0.717) is 0 Å². The van der Waals surface area contributed by atoms with Crippen LogP contribution >= 0.6 is 0 Å². The zero-order valence-electron chi connectivity index (χ0n) is 12.6. The molecule has 0 aliphatic rings. The zero-order valence-corrected chi connectivity index (χ0v) is 12.6. The maximum atomic E-state index is 4.92. The summed E-state index contributed by atoms with van der Waals surface area (Å²) in [5.74, 6) is 0. The molecule has 0 atom stereocenters. The molecule has 3 rings (SSSR count). The first kappa shape index (κ1) is 13.6. The van der Waals surface area contributed by atoms with Crippen LogP contribution in [0.3, 0.4) is 0 Å². The molecule has 106 valence electrons. The van der Waals surface area contributed by atoms with Crippen molar-refractivity contribution in [3.05, 3.63) is 60.7 Å². The number of aromatic nitrogens is 1. The summed E-state index contributed by atoms with van der Waals surface area (Å²) in [6.45, 7) is 6.34. The van der Waals surface area contributed by atoms with Crippen LogP contribution in [0.2, 0.25) is 0 Å². The molecular formula is C19H20N2. The predicted molar refractivity (Wildman–Crippen MR) is 90.7 cm³/mol. The van der Waals surface area contributed by atoms with Gasteiger partial charge in [0, 0.05) is 24.0 Å². The monoisotopic (exact) mass is 276 g/mol. The van der Waals surface area contributed by atoms with Crippen molar-refractivity contribution in [1.29, 1.82) is 0 Å². The van der Waals surface area contributed by atoms with E-state index in [1.807, 2.05) is 12.1 Å². The van der Waals surface area contributed by atoms with Crippen LogP contribution in [-0.4, -0.2) is 18.1 Å². The average Bonchev–Trinajstić information content (AvgIpc) is 2.56. The van der Waals surface area contributed by atoms with Crippen LogP contribution in [0.25, 0.3) is 22.2 Å². The van der Waals surface area contributed by atoms with Crippen LogP contribution in [-0.2, 0) is 0 Å². The molecule has 3 aromatic rings. The van der Waals surface area contributed by atoms with Crippen LogP contribution in [0.5, 0.6) is 0 Å². The molecule has 0 aliphatic carbocycles. The van der Waals surface area contributed by atoms with Crippen molar-refractivity contribution >= 4 is 16.6 Å². The second-order valence-corrected chi connectivity index (χ2v) is 5.09. The molecule has 0 fully saturated rings. The van der Waals surface area contributed by atoms with E-state index in [-0.39, 0.29) is 0 Å². The van der Waals surface area contributed by atoms with E-state index in [1.165, 1.54) is 16.6 Å². The van der Waals surface area contributed by atoms with Crippen molar-refractivity contribution in [3.8, 4) is 11.3 Å². The highest BCUT2D eigenvalue weighted by Crippen LogP contribution is 2.32. The maximum absolute atomic E-state index is 4.92. The molecular weight excluding hydrogens is 256 g/mol. The Balaban J connectivity index is 2.26. The zero-order chi connectivity index (χ0) is 14.7. The summed E-state index contributed by atoms with van der Waals surface area (Å²) in [5.41, 5.74) is 4.50. The number of para-hydroxylation sites is 1. The van der Waals surface area contributed by atoms with E-state index >= 15 is 0 Å². The highest BCUT2D eigenvalue weighted by molar-refractivity contribution is 5.89. The fourth-order valence-corrected chi connectivity index (χ4v) is 2.72. The minimum atomic E-state index is 0.982. The molecule has 2 aromatic carbocycles. The Kier molecular flexibility index (Phi) is 3.87. The largest absolute Gasteiger partial charge is 0.370 e. The summed E-state index contributed by atoms with van der Waals surface area (Å²) in [6, 6.07) is 21.0. The number of pyridine rings is 1. The van der Waals surface area contributed by atoms with Gasteiger partial charge in [0.05, 0.1) is 16.9 Å². The summed E-state index contributed by atoms with van der Waals surface area (Å²) in [4.78, 5) is 7.28. The molecule has 0 N–H and O–H groups in total. The van der Waals surface area contributed by atoms with Gasteiger partial charge in [-0.1, -0.05) is 48.5 Å². The Labute approximate surface area is 126 Å². The van der Waals surface area contributed by atoms with E-state index in [1.54, 1.807) is 0 Å².